The van der Waals surface area contributed by atoms with Gasteiger partial charge in [0, 0.05) is 14.9 Å². The molecule has 1 aliphatic carbocycles. The molecule has 0 saturated carbocycles. The quantitative estimate of drug-likeness (QED) is 0.576. The molecule has 2 heterocycles. The van der Waals surface area contributed by atoms with Crippen LogP contribution in [0.3, 0.4) is 0 Å². The van der Waals surface area contributed by atoms with Gasteiger partial charge < -0.3 is 15.7 Å². The Balaban J connectivity index is 1.68. The minimum absolute atomic E-state index is 0.0225. The van der Waals surface area contributed by atoms with Crippen molar-refractivity contribution in [3.8, 4) is 5.75 Å². The Hall–Kier alpha value is -1.53. The number of carbonyl (C=O) groups is 1. The van der Waals surface area contributed by atoms with Gasteiger partial charge in [-0.05, 0) is 54.4 Å². The van der Waals surface area contributed by atoms with E-state index in [1.807, 2.05) is 0 Å². The molecule has 0 radical (unpaired) electrons. The Kier molecular flexibility index (Phi) is 4.31. The lowest BCUT2D eigenvalue weighted by Gasteiger charge is -2.34. The summed E-state index contributed by atoms with van der Waals surface area (Å²) < 4.78 is 0.852. The molecule has 2 unspecified atom stereocenters. The van der Waals surface area contributed by atoms with Gasteiger partial charge in [0.2, 0.25) is 0 Å². The topological polar surface area (TPSA) is 61.4 Å². The third-order valence-corrected chi connectivity index (χ3v) is 7.47. The average molecular weight is 435 g/mol. The third kappa shape index (κ3) is 3.03. The van der Waals surface area contributed by atoms with Crippen molar-refractivity contribution < 1.29 is 9.90 Å². The molecule has 0 saturated heterocycles. The van der Waals surface area contributed by atoms with E-state index >= 15 is 0 Å². The predicted octanol–water partition coefficient (Wildman–Crippen LogP) is 5.22. The molecule has 0 spiro atoms. The first kappa shape index (κ1) is 17.9. The molecule has 1 aromatic carbocycles. The molecule has 1 aromatic heterocycles. The van der Waals surface area contributed by atoms with Gasteiger partial charge >= 0.3 is 0 Å². The van der Waals surface area contributed by atoms with Crippen molar-refractivity contribution in [3.05, 3.63) is 44.2 Å². The molecule has 0 bridgehead atoms. The van der Waals surface area contributed by atoms with Gasteiger partial charge in [-0.25, -0.2) is 0 Å². The van der Waals surface area contributed by atoms with E-state index in [1.165, 1.54) is 10.4 Å². The molecular weight excluding hydrogens is 412 g/mol. The maximum atomic E-state index is 12.9. The van der Waals surface area contributed by atoms with Crippen LogP contribution >= 0.6 is 27.3 Å². The van der Waals surface area contributed by atoms with Crippen LogP contribution in [0.15, 0.2) is 22.7 Å². The molecule has 6 heteroatoms. The number of phenolic OH excluding ortho intramolecular Hbond substituents is 1. The van der Waals surface area contributed by atoms with Gasteiger partial charge in [0.25, 0.3) is 5.91 Å². The minimum Gasteiger partial charge on any atom is -0.508 e. The molecule has 4 rings (SSSR count). The number of benzene rings is 1. The SMILES string of the molecule is CC(C)(C)C1CCc2c(sc3c2C(=O)NC(c2cc(O)ccc2Br)N3)C1. The van der Waals surface area contributed by atoms with E-state index in [2.05, 4.69) is 47.3 Å². The van der Waals surface area contributed by atoms with Crippen LogP contribution in [0.1, 0.15) is 59.7 Å². The number of thiophene rings is 1. The summed E-state index contributed by atoms with van der Waals surface area (Å²) in [5, 5.41) is 17.3. The van der Waals surface area contributed by atoms with Gasteiger partial charge in [-0.15, -0.1) is 11.3 Å². The maximum absolute atomic E-state index is 12.9. The number of hydrogen-bond donors (Lipinski definition) is 3. The first-order valence-electron chi connectivity index (χ1n) is 8.94. The number of nitrogens with one attached hydrogen (secondary N) is 2. The highest BCUT2D eigenvalue weighted by Gasteiger charge is 2.36. The molecule has 0 fully saturated rings. The highest BCUT2D eigenvalue weighted by Crippen LogP contribution is 2.46. The fourth-order valence-corrected chi connectivity index (χ4v) is 5.77. The Morgan fingerprint density at radius 3 is 2.77 bits per heavy atom. The van der Waals surface area contributed by atoms with Crippen LogP contribution in [0.25, 0.3) is 0 Å². The molecule has 2 aliphatic rings. The summed E-state index contributed by atoms with van der Waals surface area (Å²) in [6.45, 7) is 6.91. The maximum Gasteiger partial charge on any atom is 0.256 e. The standard InChI is InChI=1S/C20H23BrN2O2S/c1-20(2,3)10-4-6-12-15(8-10)26-19-16(12)18(25)22-17(23-19)13-9-11(24)5-7-14(13)21/h5,7,9-10,17,23-24H,4,6,8H2,1-3H3,(H,22,25). The summed E-state index contributed by atoms with van der Waals surface area (Å²) in [7, 11) is 0. The van der Waals surface area contributed by atoms with Crippen LogP contribution < -0.4 is 10.6 Å². The van der Waals surface area contributed by atoms with Gasteiger partial charge in [-0.3, -0.25) is 4.79 Å². The second-order valence-electron chi connectivity index (χ2n) is 8.27. The van der Waals surface area contributed by atoms with E-state index in [0.29, 0.717) is 5.92 Å². The van der Waals surface area contributed by atoms with E-state index in [0.717, 1.165) is 39.9 Å². The number of fused-ring (bicyclic) bond motifs is 3. The lowest BCUT2D eigenvalue weighted by molar-refractivity contribution is 0.0934. The Bertz CT molecular complexity index is 885. The zero-order valence-electron chi connectivity index (χ0n) is 15.1. The summed E-state index contributed by atoms with van der Waals surface area (Å²) in [5.74, 6) is 0.809. The summed E-state index contributed by atoms with van der Waals surface area (Å²) >= 11 is 5.23. The van der Waals surface area contributed by atoms with Crippen LogP contribution in [0.2, 0.25) is 0 Å². The Morgan fingerprint density at radius 1 is 1.27 bits per heavy atom. The summed E-state index contributed by atoms with van der Waals surface area (Å²) in [6.07, 6.45) is 2.80. The number of amides is 1. The zero-order chi connectivity index (χ0) is 18.6. The van der Waals surface area contributed by atoms with Gasteiger partial charge in [-0.1, -0.05) is 36.7 Å². The van der Waals surface area contributed by atoms with Crippen molar-refractivity contribution in [2.75, 3.05) is 5.32 Å². The Labute approximate surface area is 166 Å². The number of aromatic hydroxyl groups is 1. The smallest absolute Gasteiger partial charge is 0.256 e. The molecule has 1 aliphatic heterocycles. The molecular formula is C20H23BrN2O2S. The Morgan fingerprint density at radius 2 is 2.04 bits per heavy atom. The molecule has 2 aromatic rings. The van der Waals surface area contributed by atoms with E-state index in [-0.39, 0.29) is 23.2 Å². The highest BCUT2D eigenvalue weighted by molar-refractivity contribution is 9.10. The molecule has 1 amide bonds. The number of halogens is 1. The van der Waals surface area contributed by atoms with Crippen molar-refractivity contribution in [3.63, 3.8) is 0 Å². The van der Waals surface area contributed by atoms with Gasteiger partial charge in [-0.2, -0.15) is 0 Å². The first-order chi connectivity index (χ1) is 12.2. The monoisotopic (exact) mass is 434 g/mol. The van der Waals surface area contributed by atoms with Crippen LogP contribution in [-0.2, 0) is 12.8 Å². The van der Waals surface area contributed by atoms with Crippen molar-refractivity contribution in [2.45, 2.75) is 46.2 Å². The van der Waals surface area contributed by atoms with Crippen LogP contribution in [0, 0.1) is 11.3 Å². The molecule has 2 atom stereocenters. The number of anilines is 1. The fraction of sp³-hybridized carbons (Fsp3) is 0.450. The van der Waals surface area contributed by atoms with Gasteiger partial charge in [0.05, 0.1) is 5.56 Å². The van der Waals surface area contributed by atoms with E-state index in [4.69, 9.17) is 0 Å². The van der Waals surface area contributed by atoms with Crippen LogP contribution in [0.4, 0.5) is 5.00 Å². The third-order valence-electron chi connectivity index (χ3n) is 5.56. The second kappa shape index (κ2) is 6.27. The molecule has 3 N–H and O–H groups in total. The largest absolute Gasteiger partial charge is 0.508 e. The normalized spacial score (nSPS) is 22.2. The van der Waals surface area contributed by atoms with E-state index in [1.54, 1.807) is 29.5 Å². The second-order valence-corrected chi connectivity index (χ2v) is 10.2. The predicted molar refractivity (Wildman–Crippen MR) is 109 cm³/mol. The van der Waals surface area contributed by atoms with Gasteiger partial charge in [0.1, 0.15) is 16.9 Å². The van der Waals surface area contributed by atoms with Crippen molar-refractivity contribution >= 4 is 38.2 Å². The average Bonchev–Trinajstić information content (AvgIpc) is 2.94. The number of rotatable bonds is 1. The van der Waals surface area contributed by atoms with Crippen molar-refractivity contribution in [1.29, 1.82) is 0 Å². The fourth-order valence-electron chi connectivity index (χ4n) is 3.95. The molecule has 4 nitrogen and oxygen atoms in total. The summed E-state index contributed by atoms with van der Waals surface area (Å²) in [4.78, 5) is 14.2. The molecule has 138 valence electrons. The first-order valence-corrected chi connectivity index (χ1v) is 10.6. The minimum atomic E-state index is -0.352. The number of phenols is 1. The van der Waals surface area contributed by atoms with Crippen LogP contribution in [0.5, 0.6) is 5.75 Å². The molecule has 26 heavy (non-hydrogen) atoms. The summed E-state index contributed by atoms with van der Waals surface area (Å²) in [5.41, 5.74) is 3.16. The lowest BCUT2D eigenvalue weighted by Crippen LogP contribution is -2.38. The number of carbonyl (C=O) groups excluding carboxylic acids is 1. The zero-order valence-corrected chi connectivity index (χ0v) is 17.6. The van der Waals surface area contributed by atoms with Crippen LogP contribution in [-0.4, -0.2) is 11.0 Å². The van der Waals surface area contributed by atoms with Crippen molar-refractivity contribution in [2.24, 2.45) is 11.3 Å². The summed E-state index contributed by atoms with van der Waals surface area (Å²) in [6, 6.07) is 5.09. The lowest BCUT2D eigenvalue weighted by atomic mass is 9.72. The van der Waals surface area contributed by atoms with E-state index < -0.39 is 0 Å². The highest BCUT2D eigenvalue weighted by atomic mass is 79.9. The number of hydrogen-bond acceptors (Lipinski definition) is 4. The van der Waals surface area contributed by atoms with Crippen molar-refractivity contribution in [1.82, 2.24) is 5.32 Å². The van der Waals surface area contributed by atoms with E-state index in [9.17, 15) is 9.90 Å². The van der Waals surface area contributed by atoms with Gasteiger partial charge in [0.15, 0.2) is 0 Å².